The van der Waals surface area contributed by atoms with Crippen LogP contribution >= 0.6 is 11.6 Å². The first-order valence-electron chi connectivity index (χ1n) is 5.24. The molecular weight excluding hydrogens is 213 g/mol. The van der Waals surface area contributed by atoms with Gasteiger partial charge in [0.2, 0.25) is 0 Å². The highest BCUT2D eigenvalue weighted by Crippen LogP contribution is 2.47. The van der Waals surface area contributed by atoms with Crippen molar-refractivity contribution < 1.29 is 4.39 Å². The van der Waals surface area contributed by atoms with Crippen LogP contribution in [-0.4, -0.2) is 13.6 Å². The lowest BCUT2D eigenvalue weighted by Crippen LogP contribution is -2.21. The Morgan fingerprint density at radius 3 is 2.73 bits per heavy atom. The van der Waals surface area contributed by atoms with Crippen molar-refractivity contribution in [3.63, 3.8) is 0 Å². The fraction of sp³-hybridized carbons (Fsp3) is 0.500. The number of nitrogens with one attached hydrogen (secondary N) is 1. The first-order chi connectivity index (χ1) is 7.15. The van der Waals surface area contributed by atoms with Gasteiger partial charge in [-0.3, -0.25) is 0 Å². The molecule has 0 heterocycles. The molecule has 1 N–H and O–H groups in total. The van der Waals surface area contributed by atoms with Crippen LogP contribution in [0.25, 0.3) is 0 Å². The largest absolute Gasteiger partial charge is 0.319 e. The second kappa shape index (κ2) is 4.11. The van der Waals surface area contributed by atoms with Gasteiger partial charge in [0, 0.05) is 6.54 Å². The van der Waals surface area contributed by atoms with Crippen LogP contribution in [0.2, 0.25) is 5.02 Å². The molecule has 15 heavy (non-hydrogen) atoms. The Kier molecular flexibility index (Phi) is 2.98. The van der Waals surface area contributed by atoms with Crippen LogP contribution in [0.3, 0.4) is 0 Å². The van der Waals surface area contributed by atoms with E-state index in [1.165, 1.54) is 18.9 Å². The van der Waals surface area contributed by atoms with Gasteiger partial charge in [-0.2, -0.15) is 0 Å². The molecular formula is C12H15ClFN. The van der Waals surface area contributed by atoms with Gasteiger partial charge in [-0.25, -0.2) is 4.39 Å². The summed E-state index contributed by atoms with van der Waals surface area (Å²) in [5, 5.41) is 3.44. The van der Waals surface area contributed by atoms with Crippen molar-refractivity contribution >= 4 is 11.6 Å². The summed E-state index contributed by atoms with van der Waals surface area (Å²) < 4.78 is 13.0. The maximum atomic E-state index is 13.0. The summed E-state index contributed by atoms with van der Waals surface area (Å²) in [4.78, 5) is 0. The zero-order valence-electron chi connectivity index (χ0n) is 8.82. The Morgan fingerprint density at radius 2 is 2.20 bits per heavy atom. The Labute approximate surface area is 94.6 Å². The van der Waals surface area contributed by atoms with E-state index < -0.39 is 0 Å². The molecule has 1 fully saturated rings. The number of rotatable bonds is 4. The molecule has 1 aromatic carbocycles. The minimum Gasteiger partial charge on any atom is -0.319 e. The summed E-state index contributed by atoms with van der Waals surface area (Å²) in [6.07, 6.45) is 3.50. The average molecular weight is 228 g/mol. The quantitative estimate of drug-likeness (QED) is 0.834. The number of benzene rings is 1. The third-order valence-electron chi connectivity index (χ3n) is 3.07. The fourth-order valence-corrected chi connectivity index (χ4v) is 2.25. The molecule has 0 amide bonds. The number of halogens is 2. The van der Waals surface area contributed by atoms with Gasteiger partial charge in [0.05, 0.1) is 5.02 Å². The molecule has 1 saturated carbocycles. The van der Waals surface area contributed by atoms with Crippen LogP contribution in [-0.2, 0) is 6.42 Å². The van der Waals surface area contributed by atoms with Gasteiger partial charge in [0.15, 0.2) is 0 Å². The van der Waals surface area contributed by atoms with E-state index in [1.807, 2.05) is 13.1 Å². The molecule has 1 aliphatic rings. The Balaban J connectivity index is 2.08. The van der Waals surface area contributed by atoms with E-state index in [0.29, 0.717) is 5.41 Å². The summed E-state index contributed by atoms with van der Waals surface area (Å²) in [6.45, 7) is 1.03. The van der Waals surface area contributed by atoms with Gasteiger partial charge < -0.3 is 5.32 Å². The molecule has 0 spiro atoms. The van der Waals surface area contributed by atoms with E-state index in [0.717, 1.165) is 18.5 Å². The molecule has 1 aliphatic carbocycles. The Bertz CT molecular complexity index is 361. The minimum absolute atomic E-state index is 0.229. The smallest absolute Gasteiger partial charge is 0.141 e. The zero-order valence-corrected chi connectivity index (χ0v) is 9.57. The highest BCUT2D eigenvalue weighted by molar-refractivity contribution is 6.30. The third-order valence-corrected chi connectivity index (χ3v) is 3.36. The van der Waals surface area contributed by atoms with Crippen molar-refractivity contribution in [3.05, 3.63) is 34.6 Å². The van der Waals surface area contributed by atoms with Gasteiger partial charge >= 0.3 is 0 Å². The van der Waals surface area contributed by atoms with Gasteiger partial charge in [-0.05, 0) is 49.4 Å². The topological polar surface area (TPSA) is 12.0 Å². The van der Waals surface area contributed by atoms with Crippen molar-refractivity contribution in [1.82, 2.24) is 5.32 Å². The van der Waals surface area contributed by atoms with Crippen LogP contribution in [0.5, 0.6) is 0 Å². The predicted octanol–water partition coefficient (Wildman–Crippen LogP) is 3.02. The van der Waals surface area contributed by atoms with Gasteiger partial charge in [0.25, 0.3) is 0 Å². The molecule has 0 saturated heterocycles. The Morgan fingerprint density at radius 1 is 1.47 bits per heavy atom. The summed E-state index contributed by atoms with van der Waals surface area (Å²) in [5.74, 6) is -0.334. The van der Waals surface area contributed by atoms with E-state index in [4.69, 9.17) is 11.6 Å². The van der Waals surface area contributed by atoms with Crippen LogP contribution in [0, 0.1) is 11.2 Å². The molecule has 3 heteroatoms. The monoisotopic (exact) mass is 227 g/mol. The molecule has 0 atom stereocenters. The number of hydrogen-bond acceptors (Lipinski definition) is 1. The van der Waals surface area contributed by atoms with Crippen LogP contribution in [0.1, 0.15) is 18.4 Å². The van der Waals surface area contributed by atoms with Crippen molar-refractivity contribution in [2.24, 2.45) is 5.41 Å². The van der Waals surface area contributed by atoms with E-state index >= 15 is 0 Å². The van der Waals surface area contributed by atoms with E-state index in [2.05, 4.69) is 5.32 Å². The predicted molar refractivity (Wildman–Crippen MR) is 60.7 cm³/mol. The molecule has 0 aromatic heterocycles. The van der Waals surface area contributed by atoms with Crippen LogP contribution < -0.4 is 5.32 Å². The summed E-state index contributed by atoms with van der Waals surface area (Å²) in [6, 6.07) is 5.02. The van der Waals surface area contributed by atoms with Crippen LogP contribution in [0.15, 0.2) is 18.2 Å². The highest BCUT2D eigenvalue weighted by atomic mass is 35.5. The molecule has 0 radical (unpaired) electrons. The summed E-state index contributed by atoms with van der Waals surface area (Å²) in [5.41, 5.74) is 1.53. The molecule has 0 aliphatic heterocycles. The van der Waals surface area contributed by atoms with Crippen molar-refractivity contribution in [1.29, 1.82) is 0 Å². The van der Waals surface area contributed by atoms with E-state index in [1.54, 1.807) is 6.07 Å². The normalized spacial score (nSPS) is 17.8. The van der Waals surface area contributed by atoms with Crippen molar-refractivity contribution in [2.75, 3.05) is 13.6 Å². The second-order valence-electron chi connectivity index (χ2n) is 4.46. The minimum atomic E-state index is -0.334. The van der Waals surface area contributed by atoms with Crippen LogP contribution in [0.4, 0.5) is 4.39 Å². The first-order valence-corrected chi connectivity index (χ1v) is 5.62. The molecule has 1 nitrogen and oxygen atoms in total. The lowest BCUT2D eigenvalue weighted by molar-refractivity contribution is 0.478. The zero-order chi connectivity index (χ0) is 10.9. The lowest BCUT2D eigenvalue weighted by Gasteiger charge is -2.14. The molecule has 0 bridgehead atoms. The summed E-state index contributed by atoms with van der Waals surface area (Å²) >= 11 is 5.75. The van der Waals surface area contributed by atoms with E-state index in [-0.39, 0.29) is 10.8 Å². The maximum absolute atomic E-state index is 13.0. The summed E-state index contributed by atoms with van der Waals surface area (Å²) in [7, 11) is 1.97. The SMILES string of the molecule is CNCC1(Cc2ccc(F)c(Cl)c2)CC1. The number of hydrogen-bond donors (Lipinski definition) is 1. The fourth-order valence-electron chi connectivity index (χ4n) is 2.05. The molecule has 1 aromatic rings. The van der Waals surface area contributed by atoms with Crippen molar-refractivity contribution in [3.8, 4) is 0 Å². The Hall–Kier alpha value is -0.600. The van der Waals surface area contributed by atoms with Crippen molar-refractivity contribution in [2.45, 2.75) is 19.3 Å². The molecule has 82 valence electrons. The molecule has 2 rings (SSSR count). The molecule has 0 unspecified atom stereocenters. The standard InChI is InChI=1S/C12H15ClFN/c1-15-8-12(4-5-12)7-9-2-3-11(14)10(13)6-9/h2-3,6,15H,4-5,7-8H2,1H3. The van der Waals surface area contributed by atoms with Gasteiger partial charge in [-0.1, -0.05) is 17.7 Å². The van der Waals surface area contributed by atoms with Gasteiger partial charge in [0.1, 0.15) is 5.82 Å². The average Bonchev–Trinajstić information content (AvgIpc) is 2.92. The van der Waals surface area contributed by atoms with Gasteiger partial charge in [-0.15, -0.1) is 0 Å². The first kappa shape index (κ1) is 10.9. The highest BCUT2D eigenvalue weighted by Gasteiger charge is 2.41. The second-order valence-corrected chi connectivity index (χ2v) is 4.86. The third kappa shape index (κ3) is 2.50. The lowest BCUT2D eigenvalue weighted by atomic mass is 9.96. The van der Waals surface area contributed by atoms with E-state index in [9.17, 15) is 4.39 Å². The maximum Gasteiger partial charge on any atom is 0.141 e.